The maximum atomic E-state index is 2.29. The molecule has 0 saturated heterocycles. The second-order valence-corrected chi connectivity index (χ2v) is 6.87. The van der Waals surface area contributed by atoms with E-state index >= 15 is 0 Å². The van der Waals surface area contributed by atoms with Crippen LogP contribution in [0.25, 0.3) is 41.7 Å². The Morgan fingerprint density at radius 2 is 1.30 bits per heavy atom. The predicted octanol–water partition coefficient (Wildman–Crippen LogP) is 6.42. The van der Waals surface area contributed by atoms with E-state index in [0.29, 0.717) is 0 Å². The van der Waals surface area contributed by atoms with Crippen LogP contribution in [0.15, 0.2) is 59.3 Å². The zero-order chi connectivity index (χ0) is 13.1. The number of thiophene rings is 2. The van der Waals surface area contributed by atoms with Gasteiger partial charge in [0.2, 0.25) is 0 Å². The molecule has 0 aliphatic heterocycles. The van der Waals surface area contributed by atoms with Crippen molar-refractivity contribution in [3.63, 3.8) is 0 Å². The minimum absolute atomic E-state index is 1.32. The Kier molecular flexibility index (Phi) is 2.07. The monoisotopic (exact) mass is 290 g/mol. The van der Waals surface area contributed by atoms with Gasteiger partial charge in [-0.2, -0.15) is 0 Å². The quantitative estimate of drug-likeness (QED) is 0.289. The Hall–Kier alpha value is -1.90. The van der Waals surface area contributed by atoms with E-state index in [4.69, 9.17) is 0 Å². The zero-order valence-corrected chi connectivity index (χ0v) is 12.2. The van der Waals surface area contributed by atoms with Crippen molar-refractivity contribution in [2.45, 2.75) is 0 Å². The predicted molar refractivity (Wildman–Crippen MR) is 92.2 cm³/mol. The summed E-state index contributed by atoms with van der Waals surface area (Å²) >= 11 is 3.70. The van der Waals surface area contributed by atoms with Crippen molar-refractivity contribution in [3.8, 4) is 0 Å². The highest BCUT2D eigenvalue weighted by Gasteiger charge is 2.12. The van der Waals surface area contributed by atoms with E-state index in [9.17, 15) is 0 Å². The summed E-state index contributed by atoms with van der Waals surface area (Å²) in [6, 6.07) is 17.7. The summed E-state index contributed by atoms with van der Waals surface area (Å²) in [6.07, 6.45) is 0. The third-order valence-corrected chi connectivity index (χ3v) is 5.90. The molecular formula is C18H10S2. The van der Waals surface area contributed by atoms with Gasteiger partial charge in [-0.3, -0.25) is 0 Å². The molecule has 0 amide bonds. The van der Waals surface area contributed by atoms with E-state index < -0.39 is 0 Å². The van der Waals surface area contributed by atoms with E-state index in [-0.39, 0.29) is 0 Å². The first kappa shape index (κ1) is 10.8. The maximum Gasteiger partial charge on any atom is 0.0434 e. The first-order valence-corrected chi connectivity index (χ1v) is 8.37. The second-order valence-electron chi connectivity index (χ2n) is 5.04. The Morgan fingerprint density at radius 1 is 0.550 bits per heavy atom. The van der Waals surface area contributed by atoms with Crippen molar-refractivity contribution in [2.75, 3.05) is 0 Å². The average Bonchev–Trinajstić information content (AvgIpc) is 3.15. The van der Waals surface area contributed by atoms with Crippen LogP contribution in [0.3, 0.4) is 0 Å². The zero-order valence-electron chi connectivity index (χ0n) is 10.6. The third kappa shape index (κ3) is 1.25. The van der Waals surface area contributed by atoms with Crippen LogP contribution in [0.4, 0.5) is 0 Å². The van der Waals surface area contributed by atoms with E-state index in [1.54, 1.807) is 0 Å². The molecule has 0 aliphatic rings. The van der Waals surface area contributed by atoms with Gasteiger partial charge in [0.1, 0.15) is 0 Å². The summed E-state index contributed by atoms with van der Waals surface area (Å²) in [6.45, 7) is 0. The molecule has 0 radical (unpaired) electrons. The van der Waals surface area contributed by atoms with Gasteiger partial charge in [-0.15, -0.1) is 22.7 Å². The lowest BCUT2D eigenvalue weighted by molar-refractivity contribution is 1.81. The lowest BCUT2D eigenvalue weighted by Gasteiger charge is -2.07. The molecule has 2 heteroatoms. The molecule has 0 atom stereocenters. The molecule has 5 aromatic rings. The third-order valence-electron chi connectivity index (χ3n) is 4.02. The van der Waals surface area contributed by atoms with Gasteiger partial charge in [0, 0.05) is 30.9 Å². The summed E-state index contributed by atoms with van der Waals surface area (Å²) in [5.41, 5.74) is 0. The molecule has 5 rings (SSSR count). The Bertz CT molecular complexity index is 1100. The van der Waals surface area contributed by atoms with E-state index in [1.807, 2.05) is 22.7 Å². The van der Waals surface area contributed by atoms with Gasteiger partial charge >= 0.3 is 0 Å². The van der Waals surface area contributed by atoms with Crippen LogP contribution in [-0.4, -0.2) is 0 Å². The van der Waals surface area contributed by atoms with Gasteiger partial charge in [-0.1, -0.05) is 36.4 Å². The van der Waals surface area contributed by atoms with Crippen molar-refractivity contribution in [1.29, 1.82) is 0 Å². The highest BCUT2D eigenvalue weighted by atomic mass is 32.1. The molecule has 2 heterocycles. The fraction of sp³-hybridized carbons (Fsp3) is 0. The number of benzene rings is 3. The number of rotatable bonds is 0. The molecule has 0 bridgehead atoms. The van der Waals surface area contributed by atoms with Crippen LogP contribution in [0, 0.1) is 0 Å². The van der Waals surface area contributed by atoms with E-state index in [0.717, 1.165) is 0 Å². The molecule has 0 saturated carbocycles. The number of hydrogen-bond donors (Lipinski definition) is 0. The van der Waals surface area contributed by atoms with Crippen LogP contribution >= 0.6 is 22.7 Å². The summed E-state index contributed by atoms with van der Waals surface area (Å²) in [5, 5.41) is 12.7. The van der Waals surface area contributed by atoms with Crippen molar-refractivity contribution < 1.29 is 0 Å². The standard InChI is InChI=1S/C18H10S2/c1-2-4-12-11(3-1)5-6-15-16(12)18-14(8-10-20-18)13-7-9-19-17(13)15/h1-10H. The minimum Gasteiger partial charge on any atom is -0.143 e. The van der Waals surface area contributed by atoms with Gasteiger partial charge < -0.3 is 0 Å². The van der Waals surface area contributed by atoms with Gasteiger partial charge in [0.25, 0.3) is 0 Å². The second kappa shape index (κ2) is 3.81. The van der Waals surface area contributed by atoms with Gasteiger partial charge in [-0.05, 0) is 33.7 Å². The lowest BCUT2D eigenvalue weighted by Crippen LogP contribution is -1.79. The first-order chi connectivity index (χ1) is 9.93. The van der Waals surface area contributed by atoms with Crippen LogP contribution in [0.5, 0.6) is 0 Å². The lowest BCUT2D eigenvalue weighted by atomic mass is 9.99. The molecule has 94 valence electrons. The van der Waals surface area contributed by atoms with E-state index in [2.05, 4.69) is 59.3 Å². The summed E-state index contributed by atoms with van der Waals surface area (Å²) < 4.78 is 2.83. The Balaban J connectivity index is 2.26. The summed E-state index contributed by atoms with van der Waals surface area (Å²) in [7, 11) is 0. The molecule has 0 unspecified atom stereocenters. The fourth-order valence-corrected chi connectivity index (χ4v) is 5.08. The normalized spacial score (nSPS) is 12.0. The van der Waals surface area contributed by atoms with Crippen molar-refractivity contribution >= 4 is 64.4 Å². The molecule has 0 fully saturated rings. The molecule has 20 heavy (non-hydrogen) atoms. The average molecular weight is 290 g/mol. The molecular weight excluding hydrogens is 280 g/mol. The molecule has 0 aliphatic carbocycles. The van der Waals surface area contributed by atoms with Crippen molar-refractivity contribution in [3.05, 3.63) is 59.3 Å². The largest absolute Gasteiger partial charge is 0.143 e. The van der Waals surface area contributed by atoms with Crippen LogP contribution in [0.1, 0.15) is 0 Å². The highest BCUT2D eigenvalue weighted by molar-refractivity contribution is 7.20. The fourth-order valence-electron chi connectivity index (χ4n) is 3.15. The molecule has 3 aromatic carbocycles. The van der Waals surface area contributed by atoms with Crippen LogP contribution < -0.4 is 0 Å². The van der Waals surface area contributed by atoms with E-state index in [1.165, 1.54) is 41.7 Å². The molecule has 0 N–H and O–H groups in total. The van der Waals surface area contributed by atoms with Gasteiger partial charge in [-0.25, -0.2) is 0 Å². The number of fused-ring (bicyclic) bond motifs is 8. The van der Waals surface area contributed by atoms with Crippen molar-refractivity contribution in [2.24, 2.45) is 0 Å². The topological polar surface area (TPSA) is 0 Å². The van der Waals surface area contributed by atoms with Gasteiger partial charge in [0.15, 0.2) is 0 Å². The SMILES string of the molecule is c1ccc2c(c1)ccc1c3sccc3c3ccsc3c21. The number of hydrogen-bond acceptors (Lipinski definition) is 2. The highest BCUT2D eigenvalue weighted by Crippen LogP contribution is 2.42. The minimum atomic E-state index is 1.32. The van der Waals surface area contributed by atoms with Crippen molar-refractivity contribution in [1.82, 2.24) is 0 Å². The first-order valence-electron chi connectivity index (χ1n) is 6.61. The summed E-state index contributed by atoms with van der Waals surface area (Å²) in [4.78, 5) is 0. The van der Waals surface area contributed by atoms with Gasteiger partial charge in [0.05, 0.1) is 0 Å². The van der Waals surface area contributed by atoms with Crippen LogP contribution in [0.2, 0.25) is 0 Å². The smallest absolute Gasteiger partial charge is 0.0434 e. The molecule has 0 spiro atoms. The van der Waals surface area contributed by atoms with Crippen LogP contribution in [-0.2, 0) is 0 Å². The molecule has 2 aromatic heterocycles. The summed E-state index contributed by atoms with van der Waals surface area (Å²) in [5.74, 6) is 0. The maximum absolute atomic E-state index is 2.29. The molecule has 0 nitrogen and oxygen atoms in total. The Morgan fingerprint density at radius 3 is 2.20 bits per heavy atom. The Labute approximate surface area is 123 Å².